The lowest BCUT2D eigenvalue weighted by Gasteiger charge is -2.34. The Hall–Kier alpha value is -0.380. The van der Waals surface area contributed by atoms with Gasteiger partial charge < -0.3 is 14.5 Å². The van der Waals surface area contributed by atoms with Crippen molar-refractivity contribution in [3.8, 4) is 0 Å². The third-order valence-electron chi connectivity index (χ3n) is 4.16. The topological polar surface area (TPSA) is 83.8 Å². The van der Waals surface area contributed by atoms with Gasteiger partial charge in [-0.25, -0.2) is 0 Å². The number of unbranched alkanes of at least 4 members (excludes halogenated alkanes) is 3. The number of hydrogen-bond donors (Lipinski definition) is 2. The van der Waals surface area contributed by atoms with E-state index in [4.69, 9.17) is 4.74 Å². The van der Waals surface area contributed by atoms with Crippen molar-refractivity contribution in [2.24, 2.45) is 0 Å². The summed E-state index contributed by atoms with van der Waals surface area (Å²) >= 11 is 0. The lowest BCUT2D eigenvalue weighted by molar-refractivity contribution is -0.144. The molecule has 6 heteroatoms. The highest BCUT2D eigenvalue weighted by molar-refractivity contribution is 7.53. The zero-order valence-electron chi connectivity index (χ0n) is 14.3. The van der Waals surface area contributed by atoms with Gasteiger partial charge >= 0.3 is 13.6 Å². The molecule has 2 N–H and O–H groups in total. The van der Waals surface area contributed by atoms with Gasteiger partial charge in [0.2, 0.25) is 0 Å². The van der Waals surface area contributed by atoms with Crippen molar-refractivity contribution >= 4 is 13.6 Å². The average molecular weight is 336 g/mol. The monoisotopic (exact) mass is 336 g/mol. The molecule has 0 spiro atoms. The molecule has 5 nitrogen and oxygen atoms in total. The summed E-state index contributed by atoms with van der Waals surface area (Å²) in [6, 6.07) is 0. The molecule has 0 bridgehead atoms. The molecule has 0 saturated carbocycles. The molecule has 132 valence electrons. The Morgan fingerprint density at radius 2 is 1.45 bits per heavy atom. The second-order valence-corrected chi connectivity index (χ2v) is 8.09. The first-order valence-corrected chi connectivity index (χ1v) is 10.2. The molecule has 0 radical (unpaired) electrons. The average Bonchev–Trinajstić information content (AvgIpc) is 2.45. The maximum atomic E-state index is 12.1. The number of carbonyl (C=O) groups excluding carboxylic acids is 1. The molecule has 0 aromatic heterocycles. The Morgan fingerprint density at radius 3 is 1.86 bits per heavy atom. The summed E-state index contributed by atoms with van der Waals surface area (Å²) in [5.41, 5.74) is 0. The van der Waals surface area contributed by atoms with Gasteiger partial charge in [0, 0.05) is 6.42 Å². The van der Waals surface area contributed by atoms with Crippen molar-refractivity contribution in [1.29, 1.82) is 0 Å². The van der Waals surface area contributed by atoms with Crippen LogP contribution in [0.15, 0.2) is 0 Å². The van der Waals surface area contributed by atoms with Gasteiger partial charge in [-0.05, 0) is 25.7 Å². The predicted octanol–water partition coefficient (Wildman–Crippen LogP) is 4.41. The van der Waals surface area contributed by atoms with Crippen LogP contribution in [0.5, 0.6) is 0 Å². The molecular weight excluding hydrogens is 303 g/mol. The quantitative estimate of drug-likeness (QED) is 0.296. The third kappa shape index (κ3) is 7.75. The van der Waals surface area contributed by atoms with Crippen LogP contribution in [0.4, 0.5) is 0 Å². The summed E-state index contributed by atoms with van der Waals surface area (Å²) in [7, 11) is -4.26. The molecule has 0 aliphatic rings. The van der Waals surface area contributed by atoms with Gasteiger partial charge in [0.15, 0.2) is 0 Å². The molecule has 0 aliphatic carbocycles. The van der Waals surface area contributed by atoms with Crippen molar-refractivity contribution in [2.45, 2.75) is 90.1 Å². The fourth-order valence-corrected chi connectivity index (χ4v) is 3.86. The molecule has 0 saturated heterocycles. The highest BCUT2D eigenvalue weighted by Crippen LogP contribution is 2.58. The number of rotatable bonds is 13. The first-order valence-electron chi connectivity index (χ1n) is 8.54. The van der Waals surface area contributed by atoms with Crippen molar-refractivity contribution in [3.05, 3.63) is 0 Å². The van der Waals surface area contributed by atoms with E-state index in [9.17, 15) is 19.1 Å². The number of ether oxygens (including phenoxy) is 1. The summed E-state index contributed by atoms with van der Waals surface area (Å²) in [5.74, 6) is -0.348. The summed E-state index contributed by atoms with van der Waals surface area (Å²) in [5, 5.41) is -1.07. The van der Waals surface area contributed by atoms with Crippen LogP contribution in [0.25, 0.3) is 0 Å². The highest BCUT2D eigenvalue weighted by atomic mass is 31.2. The lowest BCUT2D eigenvalue weighted by atomic mass is 9.90. The van der Waals surface area contributed by atoms with Crippen LogP contribution in [-0.4, -0.2) is 27.5 Å². The van der Waals surface area contributed by atoms with Gasteiger partial charge in [-0.3, -0.25) is 9.36 Å². The van der Waals surface area contributed by atoms with Gasteiger partial charge in [0.25, 0.3) is 0 Å². The Kier molecular flexibility index (Phi) is 11.0. The Labute approximate surface area is 135 Å². The van der Waals surface area contributed by atoms with Gasteiger partial charge in [-0.2, -0.15) is 0 Å². The van der Waals surface area contributed by atoms with E-state index in [1.807, 2.05) is 20.8 Å². The van der Waals surface area contributed by atoms with E-state index < -0.39 is 12.8 Å². The number of hydrogen-bond acceptors (Lipinski definition) is 3. The fraction of sp³-hybridized carbons (Fsp3) is 0.938. The third-order valence-corrected chi connectivity index (χ3v) is 6.07. The van der Waals surface area contributed by atoms with Crippen LogP contribution < -0.4 is 0 Å². The Bertz CT molecular complexity index is 342. The molecule has 0 aromatic rings. The van der Waals surface area contributed by atoms with E-state index in [0.717, 1.165) is 38.5 Å². The molecule has 0 aromatic carbocycles. The van der Waals surface area contributed by atoms with E-state index >= 15 is 0 Å². The maximum absolute atomic E-state index is 12.1. The minimum Gasteiger partial charge on any atom is -0.466 e. The van der Waals surface area contributed by atoms with Crippen LogP contribution in [0.1, 0.15) is 85.0 Å². The summed E-state index contributed by atoms with van der Waals surface area (Å²) in [6.07, 6.45) is 6.30. The Balaban J connectivity index is 4.81. The normalized spacial score (nSPS) is 12.4. The number of esters is 1. The van der Waals surface area contributed by atoms with E-state index in [2.05, 4.69) is 0 Å². The summed E-state index contributed by atoms with van der Waals surface area (Å²) in [4.78, 5) is 31.5. The van der Waals surface area contributed by atoms with E-state index in [1.54, 1.807) is 0 Å². The molecule has 0 heterocycles. The second kappa shape index (κ2) is 11.2. The van der Waals surface area contributed by atoms with E-state index in [1.165, 1.54) is 0 Å². The largest absolute Gasteiger partial charge is 0.466 e. The lowest BCUT2D eigenvalue weighted by Crippen LogP contribution is -2.30. The van der Waals surface area contributed by atoms with Crippen LogP contribution in [0.3, 0.4) is 0 Å². The minimum absolute atomic E-state index is 0.0856. The van der Waals surface area contributed by atoms with E-state index in [-0.39, 0.29) is 18.8 Å². The molecule has 0 aliphatic heterocycles. The summed E-state index contributed by atoms with van der Waals surface area (Å²) in [6.45, 7) is 6.41. The molecular formula is C16H33O5P. The van der Waals surface area contributed by atoms with Crippen LogP contribution in [-0.2, 0) is 14.1 Å². The molecule has 0 fully saturated rings. The van der Waals surface area contributed by atoms with Crippen molar-refractivity contribution < 1.29 is 23.9 Å². The van der Waals surface area contributed by atoms with Crippen LogP contribution in [0.2, 0.25) is 0 Å². The van der Waals surface area contributed by atoms with Gasteiger partial charge in [0.05, 0.1) is 11.8 Å². The van der Waals surface area contributed by atoms with Crippen molar-refractivity contribution in [3.63, 3.8) is 0 Å². The van der Waals surface area contributed by atoms with Crippen LogP contribution in [0, 0.1) is 0 Å². The molecule has 22 heavy (non-hydrogen) atoms. The van der Waals surface area contributed by atoms with Gasteiger partial charge in [-0.15, -0.1) is 0 Å². The second-order valence-electron chi connectivity index (χ2n) is 6.05. The first-order chi connectivity index (χ1) is 10.3. The molecule has 0 rings (SSSR count). The van der Waals surface area contributed by atoms with Crippen LogP contribution >= 0.6 is 7.60 Å². The highest BCUT2D eigenvalue weighted by Gasteiger charge is 2.45. The zero-order valence-corrected chi connectivity index (χ0v) is 15.2. The fourth-order valence-electron chi connectivity index (χ4n) is 2.56. The minimum atomic E-state index is -4.26. The molecule has 0 atom stereocenters. The maximum Gasteiger partial charge on any atom is 0.331 e. The molecule has 0 amide bonds. The standard InChI is InChI=1S/C16H33O5P/c1-4-7-11-16(12-8-5-2,22(18,19)20)13-10-15(17)21-14-9-6-3/h4-14H2,1-3H3,(H2,18,19,20). The SMILES string of the molecule is CCCCOC(=O)CCC(CCCC)(CCCC)P(=O)(O)O. The number of carbonyl (C=O) groups is 1. The molecule has 0 unspecified atom stereocenters. The zero-order chi connectivity index (χ0) is 17.1. The van der Waals surface area contributed by atoms with E-state index in [0.29, 0.717) is 19.4 Å². The predicted molar refractivity (Wildman–Crippen MR) is 88.9 cm³/mol. The summed E-state index contributed by atoms with van der Waals surface area (Å²) < 4.78 is 17.2. The van der Waals surface area contributed by atoms with Gasteiger partial charge in [-0.1, -0.05) is 52.9 Å². The smallest absolute Gasteiger partial charge is 0.331 e. The Morgan fingerprint density at radius 1 is 0.955 bits per heavy atom. The van der Waals surface area contributed by atoms with Crippen molar-refractivity contribution in [1.82, 2.24) is 0 Å². The van der Waals surface area contributed by atoms with Gasteiger partial charge in [0.1, 0.15) is 0 Å². The van der Waals surface area contributed by atoms with Crippen molar-refractivity contribution in [2.75, 3.05) is 6.61 Å². The first kappa shape index (κ1) is 21.6.